The third kappa shape index (κ3) is 2.80. The van der Waals surface area contributed by atoms with E-state index in [1.165, 1.54) is 44.2 Å². The van der Waals surface area contributed by atoms with Gasteiger partial charge in [-0.3, -0.25) is 0 Å². The lowest BCUT2D eigenvalue weighted by molar-refractivity contribution is 0.430. The van der Waals surface area contributed by atoms with Gasteiger partial charge in [-0.05, 0) is 68.7 Å². The summed E-state index contributed by atoms with van der Waals surface area (Å²) in [4.78, 5) is 2.53. The van der Waals surface area contributed by atoms with Crippen molar-refractivity contribution in [1.82, 2.24) is 0 Å². The summed E-state index contributed by atoms with van der Waals surface area (Å²) >= 11 is 0. The molecule has 0 aromatic heterocycles. The first-order valence-electron chi connectivity index (χ1n) is 8.40. The van der Waals surface area contributed by atoms with E-state index in [9.17, 15) is 4.39 Å². The summed E-state index contributed by atoms with van der Waals surface area (Å²) in [6.45, 7) is 4.89. The molecule has 2 N–H and O–H groups in total. The maximum absolute atomic E-state index is 13.9. The Bertz CT molecular complexity index is 506. The predicted molar refractivity (Wildman–Crippen MR) is 86.1 cm³/mol. The van der Waals surface area contributed by atoms with Crippen molar-refractivity contribution in [3.63, 3.8) is 0 Å². The van der Waals surface area contributed by atoms with Gasteiger partial charge in [0.1, 0.15) is 5.82 Å². The summed E-state index contributed by atoms with van der Waals surface area (Å²) in [5.41, 5.74) is 8.97. The number of rotatable bonds is 3. The topological polar surface area (TPSA) is 29.3 Å². The van der Waals surface area contributed by atoms with Gasteiger partial charge in [0.05, 0.1) is 0 Å². The van der Waals surface area contributed by atoms with Crippen molar-refractivity contribution < 1.29 is 4.39 Å². The zero-order chi connectivity index (χ0) is 15.0. The molecule has 21 heavy (non-hydrogen) atoms. The van der Waals surface area contributed by atoms with Crippen LogP contribution in [0.25, 0.3) is 0 Å². The standard InChI is InChI=1S/C18H27FN2/c1-12-10-18(15(13(2)20)11-16(12)19)21-9-5-8-17(21)14-6-3-4-7-14/h10-11,13-14,17H,3-9,20H2,1-2H3. The molecule has 1 aromatic rings. The summed E-state index contributed by atoms with van der Waals surface area (Å²) in [5, 5.41) is 0. The van der Waals surface area contributed by atoms with E-state index in [4.69, 9.17) is 5.73 Å². The van der Waals surface area contributed by atoms with Crippen LogP contribution >= 0.6 is 0 Å². The van der Waals surface area contributed by atoms with Gasteiger partial charge in [-0.1, -0.05) is 12.8 Å². The van der Waals surface area contributed by atoms with Crippen LogP contribution < -0.4 is 10.6 Å². The van der Waals surface area contributed by atoms with Crippen LogP contribution in [0.1, 0.15) is 62.6 Å². The highest BCUT2D eigenvalue weighted by Crippen LogP contribution is 2.40. The SMILES string of the molecule is Cc1cc(N2CCCC2C2CCCC2)c(C(C)N)cc1F. The van der Waals surface area contributed by atoms with Gasteiger partial charge >= 0.3 is 0 Å². The second kappa shape index (κ2) is 5.96. The highest BCUT2D eigenvalue weighted by atomic mass is 19.1. The molecule has 2 unspecified atom stereocenters. The van der Waals surface area contributed by atoms with E-state index in [2.05, 4.69) is 4.90 Å². The Hall–Kier alpha value is -1.09. The van der Waals surface area contributed by atoms with Crippen LogP contribution in [0, 0.1) is 18.7 Å². The number of aryl methyl sites for hydroxylation is 1. The van der Waals surface area contributed by atoms with E-state index < -0.39 is 0 Å². The fraction of sp³-hybridized carbons (Fsp3) is 0.667. The van der Waals surface area contributed by atoms with Crippen molar-refractivity contribution in [3.05, 3.63) is 29.1 Å². The molecule has 1 aliphatic heterocycles. The van der Waals surface area contributed by atoms with Crippen LogP contribution in [-0.2, 0) is 0 Å². The van der Waals surface area contributed by atoms with Gasteiger partial charge in [0.15, 0.2) is 0 Å². The molecule has 2 nitrogen and oxygen atoms in total. The molecular formula is C18H27FN2. The number of hydrogen-bond acceptors (Lipinski definition) is 2. The van der Waals surface area contributed by atoms with Gasteiger partial charge in [-0.25, -0.2) is 4.39 Å². The van der Waals surface area contributed by atoms with Gasteiger partial charge in [-0.15, -0.1) is 0 Å². The molecule has 3 rings (SSSR count). The molecule has 1 saturated carbocycles. The predicted octanol–water partition coefficient (Wildman–Crippen LogP) is 4.31. The Labute approximate surface area is 127 Å². The summed E-state index contributed by atoms with van der Waals surface area (Å²) in [6, 6.07) is 4.18. The van der Waals surface area contributed by atoms with E-state index in [-0.39, 0.29) is 11.9 Å². The Morgan fingerprint density at radius 2 is 1.90 bits per heavy atom. The van der Waals surface area contributed by atoms with Gasteiger partial charge in [0, 0.05) is 24.3 Å². The third-order valence-corrected chi connectivity index (χ3v) is 5.35. The first-order chi connectivity index (χ1) is 10.1. The van der Waals surface area contributed by atoms with Crippen molar-refractivity contribution in [1.29, 1.82) is 0 Å². The number of hydrogen-bond donors (Lipinski definition) is 1. The highest BCUT2D eigenvalue weighted by molar-refractivity contribution is 5.58. The summed E-state index contributed by atoms with van der Waals surface area (Å²) in [5.74, 6) is 0.682. The number of benzene rings is 1. The van der Waals surface area contributed by atoms with E-state index in [0.717, 1.165) is 23.6 Å². The fourth-order valence-corrected chi connectivity index (χ4v) is 4.22. The number of anilines is 1. The summed E-state index contributed by atoms with van der Waals surface area (Å²) in [6.07, 6.45) is 7.98. The third-order valence-electron chi connectivity index (χ3n) is 5.35. The van der Waals surface area contributed by atoms with Crippen molar-refractivity contribution in [2.45, 2.75) is 64.5 Å². The van der Waals surface area contributed by atoms with Crippen LogP contribution in [0.4, 0.5) is 10.1 Å². The van der Waals surface area contributed by atoms with Crippen molar-refractivity contribution in [3.8, 4) is 0 Å². The molecule has 0 amide bonds. The first kappa shape index (κ1) is 14.8. The minimum Gasteiger partial charge on any atom is -0.368 e. The van der Waals surface area contributed by atoms with Crippen LogP contribution in [-0.4, -0.2) is 12.6 Å². The van der Waals surface area contributed by atoms with E-state index >= 15 is 0 Å². The van der Waals surface area contributed by atoms with Gasteiger partial charge in [-0.2, -0.15) is 0 Å². The van der Waals surface area contributed by atoms with E-state index in [1.807, 2.05) is 19.9 Å². The molecule has 0 spiro atoms. The normalized spacial score (nSPS) is 24.8. The van der Waals surface area contributed by atoms with E-state index in [1.54, 1.807) is 6.07 Å². The van der Waals surface area contributed by atoms with Crippen molar-refractivity contribution in [2.75, 3.05) is 11.4 Å². The fourth-order valence-electron chi connectivity index (χ4n) is 4.22. The molecule has 1 heterocycles. The summed E-state index contributed by atoms with van der Waals surface area (Å²) in [7, 11) is 0. The molecule has 1 aromatic carbocycles. The van der Waals surface area contributed by atoms with E-state index in [0.29, 0.717) is 6.04 Å². The average Bonchev–Trinajstić information content (AvgIpc) is 3.09. The highest BCUT2D eigenvalue weighted by Gasteiger charge is 2.34. The summed E-state index contributed by atoms with van der Waals surface area (Å²) < 4.78 is 13.9. The molecule has 3 heteroatoms. The maximum atomic E-state index is 13.9. The minimum absolute atomic E-state index is 0.125. The van der Waals surface area contributed by atoms with Crippen LogP contribution in [0.15, 0.2) is 12.1 Å². The molecule has 0 bridgehead atoms. The molecule has 116 valence electrons. The minimum atomic E-state index is -0.136. The second-order valence-corrected chi connectivity index (χ2v) is 6.90. The second-order valence-electron chi connectivity index (χ2n) is 6.90. The monoisotopic (exact) mass is 290 g/mol. The molecule has 2 atom stereocenters. The zero-order valence-electron chi connectivity index (χ0n) is 13.2. The lowest BCUT2D eigenvalue weighted by atomic mass is 9.94. The first-order valence-corrected chi connectivity index (χ1v) is 8.40. The number of nitrogens with two attached hydrogens (primary N) is 1. The Kier molecular flexibility index (Phi) is 4.21. The molecule has 1 aliphatic carbocycles. The molecular weight excluding hydrogens is 263 g/mol. The zero-order valence-corrected chi connectivity index (χ0v) is 13.2. The van der Waals surface area contributed by atoms with Crippen LogP contribution in [0.5, 0.6) is 0 Å². The average molecular weight is 290 g/mol. The maximum Gasteiger partial charge on any atom is 0.126 e. The number of nitrogens with zero attached hydrogens (tertiary/aromatic N) is 1. The molecule has 1 saturated heterocycles. The smallest absolute Gasteiger partial charge is 0.126 e. The molecule has 2 aliphatic rings. The lowest BCUT2D eigenvalue weighted by Gasteiger charge is -2.34. The van der Waals surface area contributed by atoms with Gasteiger partial charge < -0.3 is 10.6 Å². The quantitative estimate of drug-likeness (QED) is 0.898. The van der Waals surface area contributed by atoms with Crippen molar-refractivity contribution >= 4 is 5.69 Å². The van der Waals surface area contributed by atoms with Crippen LogP contribution in [0.3, 0.4) is 0 Å². The molecule has 2 fully saturated rings. The van der Waals surface area contributed by atoms with Crippen LogP contribution in [0.2, 0.25) is 0 Å². The largest absolute Gasteiger partial charge is 0.368 e. The van der Waals surface area contributed by atoms with Gasteiger partial charge in [0.25, 0.3) is 0 Å². The molecule has 0 radical (unpaired) electrons. The Balaban J connectivity index is 1.96. The lowest BCUT2D eigenvalue weighted by Crippen LogP contribution is -2.35. The van der Waals surface area contributed by atoms with Gasteiger partial charge in [0.2, 0.25) is 0 Å². The Morgan fingerprint density at radius 3 is 2.57 bits per heavy atom. The van der Waals surface area contributed by atoms with Crippen molar-refractivity contribution in [2.24, 2.45) is 11.7 Å². The Morgan fingerprint density at radius 1 is 1.19 bits per heavy atom. The number of halogens is 1.